The van der Waals surface area contributed by atoms with Gasteiger partial charge in [0.1, 0.15) is 18.2 Å². The Labute approximate surface area is 173 Å². The molecule has 0 spiro atoms. The predicted octanol–water partition coefficient (Wildman–Crippen LogP) is 3.20. The molecular weight excluding hydrogens is 366 g/mol. The first-order valence-electron chi connectivity index (χ1n) is 10.3. The summed E-state index contributed by atoms with van der Waals surface area (Å²) in [5.74, 6) is 1.32. The van der Waals surface area contributed by atoms with Gasteiger partial charge in [0.2, 0.25) is 0 Å². The molecule has 1 aromatic heterocycles. The van der Waals surface area contributed by atoms with E-state index in [1.165, 1.54) is 0 Å². The van der Waals surface area contributed by atoms with E-state index in [1.54, 1.807) is 17.0 Å². The normalized spacial score (nSPS) is 17.1. The van der Waals surface area contributed by atoms with Gasteiger partial charge in [-0.15, -0.1) is 10.2 Å². The number of aromatic nitrogens is 3. The average Bonchev–Trinajstić information content (AvgIpc) is 3.08. The van der Waals surface area contributed by atoms with Crippen molar-refractivity contribution < 1.29 is 9.53 Å². The number of benzene rings is 1. The second-order valence-electron chi connectivity index (χ2n) is 9.18. The van der Waals surface area contributed by atoms with Crippen LogP contribution in [0.25, 0.3) is 0 Å². The minimum Gasteiger partial charge on any atom is -0.490 e. The van der Waals surface area contributed by atoms with E-state index in [1.807, 2.05) is 32.2 Å². The van der Waals surface area contributed by atoms with Crippen molar-refractivity contribution in [1.29, 1.82) is 0 Å². The molecular formula is C22H33N5O2. The van der Waals surface area contributed by atoms with Gasteiger partial charge in [-0.1, -0.05) is 26.8 Å². The van der Waals surface area contributed by atoms with Gasteiger partial charge in [-0.05, 0) is 43.4 Å². The van der Waals surface area contributed by atoms with Crippen LogP contribution in [-0.2, 0) is 7.05 Å². The first kappa shape index (κ1) is 21.3. The van der Waals surface area contributed by atoms with E-state index in [-0.39, 0.29) is 18.1 Å². The number of nitrogens with one attached hydrogen (secondary N) is 1. The highest BCUT2D eigenvalue weighted by Crippen LogP contribution is 2.23. The second kappa shape index (κ2) is 8.95. The molecule has 29 heavy (non-hydrogen) atoms. The molecule has 1 fully saturated rings. The number of likely N-dealkylation sites (tertiary alicyclic amines) is 1. The molecule has 1 unspecified atom stereocenters. The van der Waals surface area contributed by atoms with Gasteiger partial charge >= 0.3 is 0 Å². The Hall–Kier alpha value is -2.41. The lowest BCUT2D eigenvalue weighted by atomic mass is 9.94. The van der Waals surface area contributed by atoms with Gasteiger partial charge in [0.25, 0.3) is 5.91 Å². The van der Waals surface area contributed by atoms with Crippen molar-refractivity contribution in [3.63, 3.8) is 0 Å². The fourth-order valence-corrected chi connectivity index (χ4v) is 3.79. The van der Waals surface area contributed by atoms with Crippen LogP contribution in [0.3, 0.4) is 0 Å². The third-order valence-electron chi connectivity index (χ3n) is 5.11. The summed E-state index contributed by atoms with van der Waals surface area (Å²) in [5, 5.41) is 10.9. The number of carbonyl (C=O) groups is 1. The smallest absolute Gasteiger partial charge is 0.251 e. The molecule has 0 radical (unpaired) electrons. The first-order valence-corrected chi connectivity index (χ1v) is 10.3. The van der Waals surface area contributed by atoms with E-state index in [4.69, 9.17) is 4.74 Å². The molecule has 2 aromatic rings. The molecule has 7 nitrogen and oxygen atoms in total. The maximum atomic E-state index is 12.7. The lowest BCUT2D eigenvalue weighted by Crippen LogP contribution is -2.42. The van der Waals surface area contributed by atoms with Crippen molar-refractivity contribution in [3.8, 4) is 5.75 Å². The topological polar surface area (TPSA) is 72.3 Å². The van der Waals surface area contributed by atoms with Crippen molar-refractivity contribution in [1.82, 2.24) is 25.0 Å². The van der Waals surface area contributed by atoms with Crippen LogP contribution in [0.4, 0.5) is 0 Å². The zero-order valence-corrected chi connectivity index (χ0v) is 18.2. The summed E-state index contributed by atoms with van der Waals surface area (Å²) >= 11 is 0. The summed E-state index contributed by atoms with van der Waals surface area (Å²) < 4.78 is 7.99. The van der Waals surface area contributed by atoms with E-state index in [0.717, 1.165) is 38.2 Å². The number of hydrogen-bond donors (Lipinski definition) is 1. The Morgan fingerprint density at radius 2 is 2.03 bits per heavy atom. The van der Waals surface area contributed by atoms with E-state index in [9.17, 15) is 4.79 Å². The van der Waals surface area contributed by atoms with Gasteiger partial charge in [-0.3, -0.25) is 4.79 Å². The molecule has 1 amide bonds. The lowest BCUT2D eigenvalue weighted by Gasteiger charge is -2.36. The van der Waals surface area contributed by atoms with Crippen LogP contribution in [-0.4, -0.2) is 51.3 Å². The molecule has 158 valence electrons. The third kappa shape index (κ3) is 6.03. The number of nitrogens with zero attached hydrogens (tertiary/aromatic N) is 4. The Morgan fingerprint density at radius 3 is 2.66 bits per heavy atom. The Morgan fingerprint density at radius 1 is 1.31 bits per heavy atom. The summed E-state index contributed by atoms with van der Waals surface area (Å²) in [7, 11) is 1.86. The summed E-state index contributed by atoms with van der Waals surface area (Å²) in [6, 6.07) is 7.18. The number of rotatable bonds is 6. The Bertz CT molecular complexity index is 819. The number of hydrogen-bond acceptors (Lipinski definition) is 5. The molecule has 7 heteroatoms. The van der Waals surface area contributed by atoms with E-state index < -0.39 is 0 Å². The van der Waals surface area contributed by atoms with Gasteiger partial charge in [-0.2, -0.15) is 0 Å². The summed E-state index contributed by atoms with van der Waals surface area (Å²) in [4.78, 5) is 15.2. The van der Waals surface area contributed by atoms with Gasteiger partial charge in [0, 0.05) is 32.2 Å². The van der Waals surface area contributed by atoms with Crippen molar-refractivity contribution in [2.45, 2.75) is 52.7 Å². The van der Waals surface area contributed by atoms with Gasteiger partial charge in [0.05, 0.1) is 6.04 Å². The molecule has 1 saturated heterocycles. The van der Waals surface area contributed by atoms with Gasteiger partial charge in [0.15, 0.2) is 5.82 Å². The number of carbonyl (C=O) groups excluding carboxylic acids is 1. The number of aryl methyl sites for hydroxylation is 1. The van der Waals surface area contributed by atoms with Crippen LogP contribution in [0.15, 0.2) is 30.6 Å². The quantitative estimate of drug-likeness (QED) is 0.808. The fourth-order valence-electron chi connectivity index (χ4n) is 3.79. The van der Waals surface area contributed by atoms with Gasteiger partial charge in [-0.25, -0.2) is 0 Å². The molecule has 2 heterocycles. The molecule has 1 aliphatic heterocycles. The SMILES string of the molecule is CC(NC(=O)c1cccc(OC2CCN(CC(C)(C)C)CC2)c1)c1nncn1C. The summed E-state index contributed by atoms with van der Waals surface area (Å²) in [6.07, 6.45) is 3.84. The van der Waals surface area contributed by atoms with Crippen molar-refractivity contribution in [2.75, 3.05) is 19.6 Å². The molecule has 1 aromatic carbocycles. The van der Waals surface area contributed by atoms with E-state index >= 15 is 0 Å². The van der Waals surface area contributed by atoms with E-state index in [2.05, 4.69) is 41.2 Å². The number of piperidine rings is 1. The number of amides is 1. The molecule has 1 atom stereocenters. The highest BCUT2D eigenvalue weighted by molar-refractivity contribution is 5.94. The lowest BCUT2D eigenvalue weighted by molar-refractivity contribution is 0.0808. The van der Waals surface area contributed by atoms with Crippen LogP contribution in [0.2, 0.25) is 0 Å². The Kier molecular flexibility index (Phi) is 6.57. The highest BCUT2D eigenvalue weighted by atomic mass is 16.5. The molecule has 0 saturated carbocycles. The minimum absolute atomic E-state index is 0.147. The fraction of sp³-hybridized carbons (Fsp3) is 0.591. The largest absolute Gasteiger partial charge is 0.490 e. The van der Waals surface area contributed by atoms with Crippen molar-refractivity contribution >= 4 is 5.91 Å². The van der Waals surface area contributed by atoms with Crippen LogP contribution in [0.1, 0.15) is 62.8 Å². The standard InChI is InChI=1S/C22H33N5O2/c1-16(20-25-23-15-26(20)5)24-21(28)17-7-6-8-19(13-17)29-18-9-11-27(12-10-18)14-22(2,3)4/h6-8,13,15-16,18H,9-12,14H2,1-5H3,(H,24,28). The molecule has 3 rings (SSSR count). The minimum atomic E-state index is -0.230. The van der Waals surface area contributed by atoms with Crippen LogP contribution >= 0.6 is 0 Å². The number of ether oxygens (including phenoxy) is 1. The van der Waals surface area contributed by atoms with Crippen LogP contribution in [0, 0.1) is 5.41 Å². The zero-order chi connectivity index (χ0) is 21.0. The monoisotopic (exact) mass is 399 g/mol. The molecule has 1 aliphatic rings. The van der Waals surface area contributed by atoms with Gasteiger partial charge < -0.3 is 19.5 Å². The average molecular weight is 400 g/mol. The van der Waals surface area contributed by atoms with Crippen LogP contribution in [0.5, 0.6) is 5.75 Å². The highest BCUT2D eigenvalue weighted by Gasteiger charge is 2.24. The van der Waals surface area contributed by atoms with Crippen molar-refractivity contribution in [3.05, 3.63) is 42.0 Å². The predicted molar refractivity (Wildman–Crippen MR) is 113 cm³/mol. The molecule has 1 N–H and O–H groups in total. The first-order chi connectivity index (χ1) is 13.7. The molecule has 0 aliphatic carbocycles. The Balaban J connectivity index is 1.54. The van der Waals surface area contributed by atoms with E-state index in [0.29, 0.717) is 16.8 Å². The molecule has 0 bridgehead atoms. The third-order valence-corrected chi connectivity index (χ3v) is 5.11. The maximum absolute atomic E-state index is 12.7. The summed E-state index contributed by atoms with van der Waals surface area (Å²) in [6.45, 7) is 11.9. The zero-order valence-electron chi connectivity index (χ0n) is 18.2. The van der Waals surface area contributed by atoms with Crippen molar-refractivity contribution in [2.24, 2.45) is 12.5 Å². The maximum Gasteiger partial charge on any atom is 0.251 e. The van der Waals surface area contributed by atoms with Crippen LogP contribution < -0.4 is 10.1 Å². The summed E-state index contributed by atoms with van der Waals surface area (Å²) in [5.41, 5.74) is 0.902. The second-order valence-corrected chi connectivity index (χ2v) is 9.18.